The lowest BCUT2D eigenvalue weighted by Gasteiger charge is -2.28. The number of non-ortho nitro benzene ring substituents is 1. The van der Waals surface area contributed by atoms with Crippen LogP contribution in [-0.2, 0) is 0 Å². The molecule has 2 heterocycles. The second-order valence-corrected chi connectivity index (χ2v) is 6.38. The standard InChI is InChI=1S/C18H15N5O2S/c1-11-15-16(12-7-9-14(10-8-12)23(24)25)19-18(26)20-17(15)22(21-11)13-5-3-2-4-6-13/h2-10,16H,1H3,(H2,19,20,26). The SMILES string of the molecule is Cc1nn(-c2ccccc2)c2c1C(c1ccc([N+](=O)[O-])cc1)NC(=S)N2. The van der Waals surface area contributed by atoms with Gasteiger partial charge in [-0.1, -0.05) is 18.2 Å². The van der Waals surface area contributed by atoms with Gasteiger partial charge in [0.25, 0.3) is 5.69 Å². The summed E-state index contributed by atoms with van der Waals surface area (Å²) in [6.45, 7) is 1.94. The lowest BCUT2D eigenvalue weighted by Crippen LogP contribution is -2.38. The summed E-state index contributed by atoms with van der Waals surface area (Å²) in [4.78, 5) is 10.5. The number of rotatable bonds is 3. The largest absolute Gasteiger partial charge is 0.351 e. The van der Waals surface area contributed by atoms with Crippen molar-refractivity contribution < 1.29 is 4.92 Å². The highest BCUT2D eigenvalue weighted by molar-refractivity contribution is 7.80. The highest BCUT2D eigenvalue weighted by Gasteiger charge is 2.30. The Morgan fingerprint density at radius 3 is 2.50 bits per heavy atom. The summed E-state index contributed by atoms with van der Waals surface area (Å²) in [5.41, 5.74) is 3.70. The Balaban J connectivity index is 1.82. The monoisotopic (exact) mass is 365 g/mol. The molecular weight excluding hydrogens is 350 g/mol. The van der Waals surface area contributed by atoms with E-state index < -0.39 is 4.92 Å². The summed E-state index contributed by atoms with van der Waals surface area (Å²) in [6.07, 6.45) is 0. The first kappa shape index (κ1) is 16.2. The van der Waals surface area contributed by atoms with Crippen LogP contribution in [0.4, 0.5) is 11.5 Å². The van der Waals surface area contributed by atoms with Gasteiger partial charge in [0.1, 0.15) is 5.82 Å². The molecule has 0 fully saturated rings. The van der Waals surface area contributed by atoms with E-state index in [-0.39, 0.29) is 11.7 Å². The molecule has 1 aromatic heterocycles. The van der Waals surface area contributed by atoms with Crippen molar-refractivity contribution in [1.82, 2.24) is 15.1 Å². The maximum atomic E-state index is 10.9. The summed E-state index contributed by atoms with van der Waals surface area (Å²) >= 11 is 5.37. The van der Waals surface area contributed by atoms with Gasteiger partial charge in [-0.05, 0) is 49.0 Å². The molecule has 1 unspecified atom stereocenters. The van der Waals surface area contributed by atoms with E-state index in [0.29, 0.717) is 5.11 Å². The second-order valence-electron chi connectivity index (χ2n) is 5.98. The molecule has 7 nitrogen and oxygen atoms in total. The minimum absolute atomic E-state index is 0.0576. The molecule has 0 bridgehead atoms. The molecule has 0 saturated heterocycles. The third kappa shape index (κ3) is 2.70. The molecule has 0 spiro atoms. The second kappa shape index (κ2) is 6.23. The van der Waals surface area contributed by atoms with Crippen LogP contribution >= 0.6 is 12.2 Å². The van der Waals surface area contributed by atoms with Gasteiger partial charge in [-0.3, -0.25) is 10.1 Å². The van der Waals surface area contributed by atoms with Gasteiger partial charge < -0.3 is 10.6 Å². The highest BCUT2D eigenvalue weighted by Crippen LogP contribution is 2.36. The van der Waals surface area contributed by atoms with Crippen molar-refractivity contribution in [3.8, 4) is 5.69 Å². The first-order chi connectivity index (χ1) is 12.5. The zero-order valence-electron chi connectivity index (χ0n) is 13.8. The molecule has 3 aromatic rings. The van der Waals surface area contributed by atoms with Crippen molar-refractivity contribution >= 4 is 28.8 Å². The maximum Gasteiger partial charge on any atom is 0.269 e. The molecule has 0 radical (unpaired) electrons. The molecule has 0 amide bonds. The number of para-hydroxylation sites is 1. The molecule has 8 heteroatoms. The van der Waals surface area contributed by atoms with Gasteiger partial charge in [0.2, 0.25) is 0 Å². The number of hydrogen-bond acceptors (Lipinski definition) is 4. The quantitative estimate of drug-likeness (QED) is 0.420. The van der Waals surface area contributed by atoms with E-state index in [2.05, 4.69) is 15.7 Å². The van der Waals surface area contributed by atoms with Crippen LogP contribution in [0.15, 0.2) is 54.6 Å². The van der Waals surface area contributed by atoms with E-state index in [1.807, 2.05) is 41.9 Å². The fourth-order valence-electron chi connectivity index (χ4n) is 3.15. The lowest BCUT2D eigenvalue weighted by atomic mass is 9.97. The van der Waals surface area contributed by atoms with Crippen molar-refractivity contribution in [3.05, 3.63) is 81.5 Å². The Hall–Kier alpha value is -3.26. The van der Waals surface area contributed by atoms with Crippen LogP contribution in [0.5, 0.6) is 0 Å². The van der Waals surface area contributed by atoms with Crippen LogP contribution in [0.2, 0.25) is 0 Å². The molecule has 4 rings (SSSR count). The number of aryl methyl sites for hydroxylation is 1. The summed E-state index contributed by atoms with van der Waals surface area (Å²) in [5, 5.41) is 22.5. The van der Waals surface area contributed by atoms with Crippen molar-refractivity contribution in [2.24, 2.45) is 0 Å². The Morgan fingerprint density at radius 1 is 1.15 bits per heavy atom. The van der Waals surface area contributed by atoms with Gasteiger partial charge in [-0.2, -0.15) is 5.10 Å². The van der Waals surface area contributed by atoms with Crippen LogP contribution in [0, 0.1) is 17.0 Å². The zero-order chi connectivity index (χ0) is 18.3. The summed E-state index contributed by atoms with van der Waals surface area (Å²) < 4.78 is 1.83. The zero-order valence-corrected chi connectivity index (χ0v) is 14.7. The fraction of sp³-hybridized carbons (Fsp3) is 0.111. The molecule has 0 aliphatic carbocycles. The lowest BCUT2D eigenvalue weighted by molar-refractivity contribution is -0.384. The number of fused-ring (bicyclic) bond motifs is 1. The van der Waals surface area contributed by atoms with Crippen LogP contribution in [0.25, 0.3) is 5.69 Å². The number of benzene rings is 2. The molecule has 2 N–H and O–H groups in total. The summed E-state index contributed by atoms with van der Waals surface area (Å²) in [5.74, 6) is 0.806. The number of nitro groups is 1. The van der Waals surface area contributed by atoms with Gasteiger partial charge in [0, 0.05) is 17.7 Å². The molecule has 1 aliphatic heterocycles. The minimum atomic E-state index is -0.408. The van der Waals surface area contributed by atoms with Gasteiger partial charge in [0.05, 0.1) is 22.3 Å². The molecule has 2 aromatic carbocycles. The van der Waals surface area contributed by atoms with Crippen LogP contribution < -0.4 is 10.6 Å². The topological polar surface area (TPSA) is 85.0 Å². The first-order valence-electron chi connectivity index (χ1n) is 8.01. The van der Waals surface area contributed by atoms with Crippen molar-refractivity contribution in [2.75, 3.05) is 5.32 Å². The summed E-state index contributed by atoms with van der Waals surface area (Å²) in [7, 11) is 0. The van der Waals surface area contributed by atoms with Crippen molar-refractivity contribution in [2.45, 2.75) is 13.0 Å². The predicted molar refractivity (Wildman–Crippen MR) is 103 cm³/mol. The number of hydrogen-bond donors (Lipinski definition) is 2. The van der Waals surface area contributed by atoms with E-state index in [4.69, 9.17) is 12.2 Å². The van der Waals surface area contributed by atoms with E-state index >= 15 is 0 Å². The van der Waals surface area contributed by atoms with E-state index in [1.165, 1.54) is 12.1 Å². The average molecular weight is 365 g/mol. The Bertz CT molecular complexity index is 998. The maximum absolute atomic E-state index is 10.9. The molecule has 130 valence electrons. The smallest absolute Gasteiger partial charge is 0.269 e. The fourth-order valence-corrected chi connectivity index (χ4v) is 3.36. The van der Waals surface area contributed by atoms with Crippen molar-refractivity contribution in [3.63, 3.8) is 0 Å². The van der Waals surface area contributed by atoms with Gasteiger partial charge >= 0.3 is 0 Å². The molecular formula is C18H15N5O2S. The van der Waals surface area contributed by atoms with E-state index in [9.17, 15) is 10.1 Å². The van der Waals surface area contributed by atoms with Gasteiger partial charge in [0.15, 0.2) is 5.11 Å². The van der Waals surface area contributed by atoms with Crippen LogP contribution in [0.3, 0.4) is 0 Å². The van der Waals surface area contributed by atoms with Crippen molar-refractivity contribution in [1.29, 1.82) is 0 Å². The Labute approximate surface area is 154 Å². The minimum Gasteiger partial charge on any atom is -0.351 e. The molecule has 26 heavy (non-hydrogen) atoms. The summed E-state index contributed by atoms with van der Waals surface area (Å²) in [6, 6.07) is 16.1. The number of nitrogens with one attached hydrogen (secondary N) is 2. The number of nitrogens with zero attached hydrogens (tertiary/aromatic N) is 3. The Morgan fingerprint density at radius 2 is 1.85 bits per heavy atom. The molecule has 0 saturated carbocycles. The van der Waals surface area contributed by atoms with Gasteiger partial charge in [-0.15, -0.1) is 0 Å². The third-order valence-corrected chi connectivity index (χ3v) is 4.56. The van der Waals surface area contributed by atoms with Crippen LogP contribution in [-0.4, -0.2) is 19.8 Å². The first-order valence-corrected chi connectivity index (χ1v) is 8.42. The number of thiocarbonyl (C=S) groups is 1. The normalized spacial score (nSPS) is 15.7. The molecule has 1 aliphatic rings. The average Bonchev–Trinajstić information content (AvgIpc) is 2.98. The van der Waals surface area contributed by atoms with Gasteiger partial charge in [-0.25, -0.2) is 4.68 Å². The number of aromatic nitrogens is 2. The predicted octanol–water partition coefficient (Wildman–Crippen LogP) is 3.48. The van der Waals surface area contributed by atoms with Crippen LogP contribution in [0.1, 0.15) is 22.9 Å². The van der Waals surface area contributed by atoms with E-state index in [1.54, 1.807) is 12.1 Å². The number of nitro benzene ring substituents is 1. The Kier molecular flexibility index (Phi) is 3.89. The number of anilines is 1. The third-order valence-electron chi connectivity index (χ3n) is 4.34. The highest BCUT2D eigenvalue weighted by atomic mass is 32.1. The molecule has 1 atom stereocenters. The van der Waals surface area contributed by atoms with E-state index in [0.717, 1.165) is 28.3 Å².